The summed E-state index contributed by atoms with van der Waals surface area (Å²) >= 11 is 1.74. The van der Waals surface area contributed by atoms with Crippen LogP contribution in [-0.4, -0.2) is 4.98 Å². The van der Waals surface area contributed by atoms with E-state index in [1.54, 1.807) is 11.3 Å². The molecule has 2 heterocycles. The topological polar surface area (TPSA) is 12.9 Å². The molecule has 0 saturated carbocycles. The number of pyridine rings is 1. The van der Waals surface area contributed by atoms with E-state index in [1.165, 1.54) is 22.3 Å². The van der Waals surface area contributed by atoms with Crippen molar-refractivity contribution in [1.29, 1.82) is 0 Å². The molecule has 0 spiro atoms. The fraction of sp³-hybridized carbons (Fsp3) is 0.292. The number of allylic oxidation sites excluding steroid dienone is 6. The fourth-order valence-corrected chi connectivity index (χ4v) is 2.92. The molecule has 0 aliphatic carbocycles. The van der Waals surface area contributed by atoms with E-state index in [-0.39, 0.29) is 0 Å². The third-order valence-electron chi connectivity index (χ3n) is 3.91. The van der Waals surface area contributed by atoms with Crippen molar-refractivity contribution in [2.45, 2.75) is 41.0 Å². The first-order valence-electron chi connectivity index (χ1n) is 9.11. The third-order valence-corrected chi connectivity index (χ3v) is 4.59. The number of hydrogen-bond donors (Lipinski definition) is 0. The zero-order chi connectivity index (χ0) is 19.4. The van der Waals surface area contributed by atoms with Crippen LogP contribution < -0.4 is 0 Å². The summed E-state index contributed by atoms with van der Waals surface area (Å²) in [5, 5.41) is 4.32. The first kappa shape index (κ1) is 21.9. The lowest BCUT2D eigenvalue weighted by atomic mass is 9.97. The van der Waals surface area contributed by atoms with Crippen molar-refractivity contribution in [2.75, 3.05) is 0 Å². The van der Waals surface area contributed by atoms with Crippen molar-refractivity contribution >= 4 is 23.0 Å². The molecule has 0 atom stereocenters. The van der Waals surface area contributed by atoms with Crippen LogP contribution in [-0.2, 0) is 0 Å². The summed E-state index contributed by atoms with van der Waals surface area (Å²) in [7, 11) is 0. The number of hydrogen-bond acceptors (Lipinski definition) is 2. The van der Waals surface area contributed by atoms with E-state index in [2.05, 4.69) is 86.5 Å². The average molecular weight is 366 g/mol. The van der Waals surface area contributed by atoms with E-state index >= 15 is 0 Å². The van der Waals surface area contributed by atoms with Crippen molar-refractivity contribution in [3.05, 3.63) is 88.4 Å². The van der Waals surface area contributed by atoms with Crippen LogP contribution in [0.15, 0.2) is 71.6 Å². The molecule has 2 aromatic heterocycles. The molecule has 0 aliphatic rings. The van der Waals surface area contributed by atoms with Crippen LogP contribution in [0.1, 0.15) is 50.9 Å². The molecule has 0 N–H and O–H groups in total. The van der Waals surface area contributed by atoms with Crippen LogP contribution in [0, 0.1) is 12.8 Å². The molecule has 0 aromatic carbocycles. The van der Waals surface area contributed by atoms with Crippen molar-refractivity contribution < 1.29 is 0 Å². The summed E-state index contributed by atoms with van der Waals surface area (Å²) in [5.41, 5.74) is 6.23. The van der Waals surface area contributed by atoms with E-state index in [0.29, 0.717) is 5.92 Å². The molecule has 0 unspecified atom stereocenters. The van der Waals surface area contributed by atoms with Gasteiger partial charge in [0.05, 0.1) is 0 Å². The summed E-state index contributed by atoms with van der Waals surface area (Å²) in [6.07, 6.45) is 13.4. The summed E-state index contributed by atoms with van der Waals surface area (Å²) in [4.78, 5) is 4.18. The Balaban J connectivity index is 0.000000273. The Bertz CT molecular complexity index is 746. The minimum atomic E-state index is 0.550. The molecule has 138 valence electrons. The van der Waals surface area contributed by atoms with Gasteiger partial charge >= 0.3 is 0 Å². The van der Waals surface area contributed by atoms with Gasteiger partial charge in [-0.2, -0.15) is 11.3 Å². The van der Waals surface area contributed by atoms with Crippen molar-refractivity contribution in [2.24, 2.45) is 5.92 Å². The zero-order valence-corrected chi connectivity index (χ0v) is 17.5. The van der Waals surface area contributed by atoms with Gasteiger partial charge in [-0.3, -0.25) is 4.98 Å². The lowest BCUT2D eigenvalue weighted by Crippen LogP contribution is -1.91. The second-order valence-corrected chi connectivity index (χ2v) is 7.17. The number of aryl methyl sites for hydroxylation is 1. The predicted molar refractivity (Wildman–Crippen MR) is 119 cm³/mol. The normalized spacial score (nSPS) is 12.2. The number of thiophene rings is 1. The van der Waals surface area contributed by atoms with Crippen LogP contribution >= 0.6 is 11.3 Å². The van der Waals surface area contributed by atoms with Crippen molar-refractivity contribution in [3.63, 3.8) is 0 Å². The van der Waals surface area contributed by atoms with Gasteiger partial charge in [0.25, 0.3) is 0 Å². The van der Waals surface area contributed by atoms with Gasteiger partial charge in [-0.05, 0) is 65.8 Å². The molecule has 2 aromatic rings. The second kappa shape index (κ2) is 12.2. The van der Waals surface area contributed by atoms with Gasteiger partial charge in [-0.15, -0.1) is 0 Å². The van der Waals surface area contributed by atoms with E-state index in [0.717, 1.165) is 12.1 Å². The van der Waals surface area contributed by atoms with Gasteiger partial charge < -0.3 is 0 Å². The largest absolute Gasteiger partial charge is 0.261 e. The Hall–Kier alpha value is -2.19. The van der Waals surface area contributed by atoms with Gasteiger partial charge in [-0.25, -0.2) is 0 Å². The standard InChI is InChI=1S/C14H18S.C10H13N/c1-5-12(4)6-7-14(11(2)3)13-8-9-15-10-13;1-3-4-6-10-7-5-8-11-9(10)2/h5-11H,1H2,2-4H3;4-8H,3H2,1-2H3/b12-6-,14-7+;6-4-. The highest BCUT2D eigenvalue weighted by atomic mass is 32.1. The molecule has 1 nitrogen and oxygen atoms in total. The lowest BCUT2D eigenvalue weighted by molar-refractivity contribution is 0.856. The first-order chi connectivity index (χ1) is 12.5. The summed E-state index contributed by atoms with van der Waals surface area (Å²) in [6, 6.07) is 6.21. The quantitative estimate of drug-likeness (QED) is 0.477. The molecule has 0 saturated heterocycles. The minimum absolute atomic E-state index is 0.550. The molecule has 0 bridgehead atoms. The molecule has 0 fully saturated rings. The van der Waals surface area contributed by atoms with E-state index < -0.39 is 0 Å². The van der Waals surface area contributed by atoms with Crippen molar-refractivity contribution in [1.82, 2.24) is 4.98 Å². The molecular weight excluding hydrogens is 334 g/mol. The Labute approximate surface area is 163 Å². The lowest BCUT2D eigenvalue weighted by Gasteiger charge is -2.08. The second-order valence-electron chi connectivity index (χ2n) is 6.39. The highest BCUT2D eigenvalue weighted by molar-refractivity contribution is 7.08. The molecule has 2 rings (SSSR count). The number of rotatable bonds is 6. The summed E-state index contributed by atoms with van der Waals surface area (Å²) < 4.78 is 0. The van der Waals surface area contributed by atoms with E-state index in [9.17, 15) is 0 Å². The molecule has 26 heavy (non-hydrogen) atoms. The van der Waals surface area contributed by atoms with E-state index in [4.69, 9.17) is 0 Å². The predicted octanol–water partition coefficient (Wildman–Crippen LogP) is 7.73. The fourth-order valence-electron chi connectivity index (χ4n) is 2.26. The first-order valence-corrected chi connectivity index (χ1v) is 10.1. The molecule has 0 radical (unpaired) electrons. The monoisotopic (exact) mass is 365 g/mol. The van der Waals surface area contributed by atoms with E-state index in [1.807, 2.05) is 25.3 Å². The molecular formula is C24H31NS. The third kappa shape index (κ3) is 7.79. The molecule has 2 heteroatoms. The molecule has 0 aliphatic heterocycles. The number of aromatic nitrogens is 1. The van der Waals surface area contributed by atoms with Gasteiger partial charge in [-0.1, -0.05) is 69.4 Å². The van der Waals surface area contributed by atoms with Gasteiger partial charge in [0, 0.05) is 11.9 Å². The molecule has 0 amide bonds. The summed E-state index contributed by atoms with van der Waals surface area (Å²) in [5.74, 6) is 0.550. The van der Waals surface area contributed by atoms with Gasteiger partial charge in [0.1, 0.15) is 0 Å². The average Bonchev–Trinajstić information content (AvgIpc) is 3.15. The highest BCUT2D eigenvalue weighted by Crippen LogP contribution is 2.25. The minimum Gasteiger partial charge on any atom is -0.261 e. The Morgan fingerprint density at radius 1 is 1.27 bits per heavy atom. The van der Waals surface area contributed by atoms with Crippen molar-refractivity contribution in [3.8, 4) is 0 Å². The maximum atomic E-state index is 4.18. The Kier molecular flexibility index (Phi) is 10.3. The maximum Gasteiger partial charge on any atom is 0.0444 e. The maximum absolute atomic E-state index is 4.18. The van der Waals surface area contributed by atoms with Crippen LogP contribution in [0.2, 0.25) is 0 Å². The SMILES string of the molecule is C=C/C(C)=C\C=C(\c1ccsc1)C(C)C.CC/C=C\c1cccnc1C. The smallest absolute Gasteiger partial charge is 0.0444 e. The van der Waals surface area contributed by atoms with Gasteiger partial charge in [0.2, 0.25) is 0 Å². The Morgan fingerprint density at radius 2 is 2.04 bits per heavy atom. The summed E-state index contributed by atoms with van der Waals surface area (Å²) in [6.45, 7) is 14.4. The van der Waals surface area contributed by atoms with Crippen LogP contribution in [0.4, 0.5) is 0 Å². The van der Waals surface area contributed by atoms with Crippen LogP contribution in [0.25, 0.3) is 11.6 Å². The van der Waals surface area contributed by atoms with Crippen LogP contribution in [0.5, 0.6) is 0 Å². The Morgan fingerprint density at radius 3 is 2.58 bits per heavy atom. The van der Waals surface area contributed by atoms with Crippen LogP contribution in [0.3, 0.4) is 0 Å². The van der Waals surface area contributed by atoms with Gasteiger partial charge in [0.15, 0.2) is 0 Å². The zero-order valence-electron chi connectivity index (χ0n) is 16.7. The highest BCUT2D eigenvalue weighted by Gasteiger charge is 2.05. The number of nitrogens with zero attached hydrogens (tertiary/aromatic N) is 1.